The van der Waals surface area contributed by atoms with Gasteiger partial charge in [-0.25, -0.2) is 0 Å². The maximum atomic E-state index is 2.37. The molecule has 24 heavy (non-hydrogen) atoms. The highest BCUT2D eigenvalue weighted by Crippen LogP contribution is 2.44. The Morgan fingerprint density at radius 3 is 2.00 bits per heavy atom. The van der Waals surface area contributed by atoms with Gasteiger partial charge in [0.2, 0.25) is 0 Å². The van der Waals surface area contributed by atoms with E-state index in [1.807, 2.05) is 0 Å². The van der Waals surface area contributed by atoms with E-state index in [4.69, 9.17) is 0 Å². The Labute approximate surface area is 149 Å². The predicted molar refractivity (Wildman–Crippen MR) is 105 cm³/mol. The second-order valence-electron chi connectivity index (χ2n) is 8.45. The van der Waals surface area contributed by atoms with E-state index >= 15 is 0 Å². The molecule has 0 amide bonds. The van der Waals surface area contributed by atoms with Crippen LogP contribution in [-0.2, 0) is 0 Å². The van der Waals surface area contributed by atoms with Gasteiger partial charge in [-0.2, -0.15) is 0 Å². The molecule has 0 bridgehead atoms. The Morgan fingerprint density at radius 2 is 1.42 bits per heavy atom. The summed E-state index contributed by atoms with van der Waals surface area (Å²) in [6.07, 6.45) is 19.1. The van der Waals surface area contributed by atoms with Crippen LogP contribution in [0.25, 0.3) is 0 Å². The lowest BCUT2D eigenvalue weighted by atomic mass is 9.68. The summed E-state index contributed by atoms with van der Waals surface area (Å²) in [5.41, 5.74) is 2.98. The zero-order chi connectivity index (χ0) is 16.8. The van der Waals surface area contributed by atoms with Gasteiger partial charge < -0.3 is 0 Å². The highest BCUT2D eigenvalue weighted by atomic mass is 14.4. The molecule has 0 heteroatoms. The fraction of sp³-hybridized carbons (Fsp3) is 0.667. The van der Waals surface area contributed by atoms with Gasteiger partial charge in [-0.3, -0.25) is 0 Å². The van der Waals surface area contributed by atoms with Crippen molar-refractivity contribution in [2.75, 3.05) is 0 Å². The molecule has 0 aromatic heterocycles. The summed E-state index contributed by atoms with van der Waals surface area (Å²) in [5.74, 6) is 3.92. The SMILES string of the molecule is C/C=C/CCC1CCC(C2CCC(c3ccc(C)cc3)CC2)CC1. The van der Waals surface area contributed by atoms with Crippen molar-refractivity contribution in [1.82, 2.24) is 0 Å². The summed E-state index contributed by atoms with van der Waals surface area (Å²) >= 11 is 0. The first kappa shape index (κ1) is 17.8. The number of benzene rings is 1. The Kier molecular flexibility index (Phi) is 6.58. The van der Waals surface area contributed by atoms with E-state index in [-0.39, 0.29) is 0 Å². The number of allylic oxidation sites excluding steroid dienone is 2. The van der Waals surface area contributed by atoms with Gasteiger partial charge in [0.05, 0.1) is 0 Å². The fourth-order valence-electron chi connectivity index (χ4n) is 5.21. The molecule has 2 fully saturated rings. The molecule has 2 aliphatic carbocycles. The normalized spacial score (nSPS) is 31.4. The molecular formula is C24H36. The van der Waals surface area contributed by atoms with E-state index in [1.165, 1.54) is 69.8 Å². The molecule has 0 nitrogen and oxygen atoms in total. The highest BCUT2D eigenvalue weighted by molar-refractivity contribution is 5.24. The van der Waals surface area contributed by atoms with Crippen molar-refractivity contribution in [3.05, 3.63) is 47.5 Å². The van der Waals surface area contributed by atoms with Gasteiger partial charge in [-0.15, -0.1) is 0 Å². The third kappa shape index (κ3) is 4.74. The molecule has 2 saturated carbocycles. The number of aryl methyl sites for hydroxylation is 1. The average molecular weight is 325 g/mol. The van der Waals surface area contributed by atoms with E-state index in [9.17, 15) is 0 Å². The average Bonchev–Trinajstić information content (AvgIpc) is 2.63. The lowest BCUT2D eigenvalue weighted by Gasteiger charge is -2.38. The molecule has 1 aromatic carbocycles. The molecular weight excluding hydrogens is 288 g/mol. The molecule has 0 heterocycles. The Balaban J connectivity index is 1.42. The lowest BCUT2D eigenvalue weighted by molar-refractivity contribution is 0.157. The Hall–Kier alpha value is -1.04. The van der Waals surface area contributed by atoms with Crippen LogP contribution in [0.2, 0.25) is 0 Å². The van der Waals surface area contributed by atoms with Crippen molar-refractivity contribution in [3.8, 4) is 0 Å². The minimum atomic E-state index is 0.832. The van der Waals surface area contributed by atoms with Gasteiger partial charge in [0, 0.05) is 0 Å². The third-order valence-corrected chi connectivity index (χ3v) is 6.86. The molecule has 0 spiro atoms. The highest BCUT2D eigenvalue weighted by Gasteiger charge is 2.31. The third-order valence-electron chi connectivity index (χ3n) is 6.86. The maximum Gasteiger partial charge on any atom is -0.0162 e. The molecule has 3 rings (SSSR count). The molecule has 0 atom stereocenters. The van der Waals surface area contributed by atoms with Crippen molar-refractivity contribution < 1.29 is 0 Å². The van der Waals surface area contributed by atoms with Crippen molar-refractivity contribution in [2.24, 2.45) is 17.8 Å². The summed E-state index contributed by atoms with van der Waals surface area (Å²) in [4.78, 5) is 0. The van der Waals surface area contributed by atoms with E-state index < -0.39 is 0 Å². The van der Waals surface area contributed by atoms with Crippen LogP contribution < -0.4 is 0 Å². The van der Waals surface area contributed by atoms with Crippen LogP contribution in [0.1, 0.15) is 88.2 Å². The Morgan fingerprint density at radius 1 is 0.833 bits per heavy atom. The zero-order valence-corrected chi connectivity index (χ0v) is 15.8. The van der Waals surface area contributed by atoms with Crippen LogP contribution in [0.5, 0.6) is 0 Å². The van der Waals surface area contributed by atoms with Crippen LogP contribution in [0.15, 0.2) is 36.4 Å². The first-order chi connectivity index (χ1) is 11.8. The van der Waals surface area contributed by atoms with E-state index in [0.717, 1.165) is 23.7 Å². The number of rotatable bonds is 5. The second-order valence-corrected chi connectivity index (χ2v) is 8.45. The lowest BCUT2D eigenvalue weighted by Crippen LogP contribution is -2.25. The Bertz CT molecular complexity index is 493. The van der Waals surface area contributed by atoms with Crippen molar-refractivity contribution in [2.45, 2.75) is 84.0 Å². The smallest absolute Gasteiger partial charge is 0.0162 e. The van der Waals surface area contributed by atoms with Gasteiger partial charge in [0.1, 0.15) is 0 Å². The minimum absolute atomic E-state index is 0.832. The van der Waals surface area contributed by atoms with Gasteiger partial charge in [0.25, 0.3) is 0 Å². The van der Waals surface area contributed by atoms with Gasteiger partial charge in [0.15, 0.2) is 0 Å². The van der Waals surface area contributed by atoms with E-state index in [2.05, 4.69) is 50.3 Å². The molecule has 132 valence electrons. The molecule has 1 aromatic rings. The van der Waals surface area contributed by atoms with Crippen molar-refractivity contribution in [1.29, 1.82) is 0 Å². The van der Waals surface area contributed by atoms with Crippen LogP contribution in [0, 0.1) is 24.7 Å². The molecule has 2 aliphatic rings. The monoisotopic (exact) mass is 324 g/mol. The van der Waals surface area contributed by atoms with Crippen LogP contribution in [0.3, 0.4) is 0 Å². The molecule has 0 saturated heterocycles. The van der Waals surface area contributed by atoms with Crippen LogP contribution in [-0.4, -0.2) is 0 Å². The maximum absolute atomic E-state index is 2.37. The van der Waals surface area contributed by atoms with Gasteiger partial charge in [-0.1, -0.05) is 54.8 Å². The fourth-order valence-corrected chi connectivity index (χ4v) is 5.21. The predicted octanol–water partition coefficient (Wildman–Crippen LogP) is 7.43. The first-order valence-electron chi connectivity index (χ1n) is 10.4. The zero-order valence-electron chi connectivity index (χ0n) is 15.8. The standard InChI is InChI=1S/C24H36/c1-3-4-5-6-20-9-13-22(14-10-20)24-17-15-23(16-18-24)21-11-7-19(2)8-12-21/h3-4,7-8,11-12,20,22-24H,5-6,9-10,13-18H2,1-2H3/b4-3+. The van der Waals surface area contributed by atoms with Crippen molar-refractivity contribution >= 4 is 0 Å². The van der Waals surface area contributed by atoms with Crippen LogP contribution >= 0.6 is 0 Å². The number of hydrogen-bond acceptors (Lipinski definition) is 0. The minimum Gasteiger partial charge on any atom is -0.0917 e. The summed E-state index contributed by atoms with van der Waals surface area (Å²) in [5, 5.41) is 0. The summed E-state index contributed by atoms with van der Waals surface area (Å²) in [6, 6.07) is 9.32. The second kappa shape index (κ2) is 8.88. The first-order valence-corrected chi connectivity index (χ1v) is 10.4. The van der Waals surface area contributed by atoms with Gasteiger partial charge in [-0.05, 0) is 94.4 Å². The molecule has 0 radical (unpaired) electrons. The molecule has 0 aliphatic heterocycles. The van der Waals surface area contributed by atoms with E-state index in [0.29, 0.717) is 0 Å². The largest absolute Gasteiger partial charge is 0.0917 e. The summed E-state index contributed by atoms with van der Waals surface area (Å²) < 4.78 is 0. The number of hydrogen-bond donors (Lipinski definition) is 0. The van der Waals surface area contributed by atoms with Crippen LogP contribution in [0.4, 0.5) is 0 Å². The quantitative estimate of drug-likeness (QED) is 0.494. The van der Waals surface area contributed by atoms with E-state index in [1.54, 1.807) is 5.56 Å². The summed E-state index contributed by atoms with van der Waals surface area (Å²) in [6.45, 7) is 4.33. The topological polar surface area (TPSA) is 0 Å². The van der Waals surface area contributed by atoms with Crippen molar-refractivity contribution in [3.63, 3.8) is 0 Å². The van der Waals surface area contributed by atoms with Gasteiger partial charge >= 0.3 is 0 Å². The summed E-state index contributed by atoms with van der Waals surface area (Å²) in [7, 11) is 0. The molecule has 0 N–H and O–H groups in total. The molecule has 0 unspecified atom stereocenters.